The summed E-state index contributed by atoms with van der Waals surface area (Å²) in [5, 5.41) is 5.73. The highest BCUT2D eigenvalue weighted by molar-refractivity contribution is 6.32. The molecule has 2 amide bonds. The quantitative estimate of drug-likeness (QED) is 0.835. The molecule has 0 saturated carbocycles. The Morgan fingerprint density at radius 2 is 2.27 bits per heavy atom. The molecule has 0 saturated heterocycles. The van der Waals surface area contributed by atoms with Crippen LogP contribution in [0.1, 0.15) is 6.92 Å². The normalized spacial score (nSPS) is 9.53. The van der Waals surface area contributed by atoms with Gasteiger partial charge in [0.1, 0.15) is 5.75 Å². The number of methoxy groups -OCH3 is 1. The number of carbonyl (C=O) groups is 1. The van der Waals surface area contributed by atoms with Gasteiger partial charge in [0.15, 0.2) is 0 Å². The van der Waals surface area contributed by atoms with Crippen LogP contribution in [0.3, 0.4) is 0 Å². The molecule has 15 heavy (non-hydrogen) atoms. The zero-order valence-corrected chi connectivity index (χ0v) is 9.39. The first-order chi connectivity index (χ1) is 7.17. The molecule has 0 atom stereocenters. The molecule has 82 valence electrons. The summed E-state index contributed by atoms with van der Waals surface area (Å²) in [6.07, 6.45) is 0. The van der Waals surface area contributed by atoms with Crippen molar-refractivity contribution in [3.05, 3.63) is 23.2 Å². The van der Waals surface area contributed by atoms with Crippen LogP contribution in [0.15, 0.2) is 18.2 Å². The molecule has 0 unspecified atom stereocenters. The van der Waals surface area contributed by atoms with E-state index in [0.29, 0.717) is 23.0 Å². The second-order valence-corrected chi connectivity index (χ2v) is 3.24. The molecule has 0 spiro atoms. The van der Waals surface area contributed by atoms with Gasteiger partial charge in [-0.3, -0.25) is 0 Å². The lowest BCUT2D eigenvalue weighted by molar-refractivity contribution is 0.252. The number of benzene rings is 1. The summed E-state index contributed by atoms with van der Waals surface area (Å²) in [7, 11) is 1.54. The van der Waals surface area contributed by atoms with Gasteiger partial charge >= 0.3 is 6.03 Å². The summed E-state index contributed by atoms with van der Waals surface area (Å²) in [5.41, 5.74) is 0.631. The highest BCUT2D eigenvalue weighted by Gasteiger charge is 2.03. The van der Waals surface area contributed by atoms with Crippen LogP contribution >= 0.6 is 11.6 Å². The van der Waals surface area contributed by atoms with E-state index in [0.717, 1.165) is 0 Å². The van der Waals surface area contributed by atoms with Crippen LogP contribution in [-0.2, 0) is 0 Å². The van der Waals surface area contributed by atoms with Gasteiger partial charge in [0.05, 0.1) is 12.1 Å². The number of rotatable bonds is 3. The van der Waals surface area contributed by atoms with Crippen molar-refractivity contribution in [3.63, 3.8) is 0 Å². The molecule has 4 nitrogen and oxygen atoms in total. The third-order valence-corrected chi connectivity index (χ3v) is 2.04. The van der Waals surface area contributed by atoms with Crippen LogP contribution in [0, 0.1) is 0 Å². The van der Waals surface area contributed by atoms with Gasteiger partial charge in [0.2, 0.25) is 0 Å². The molecular weight excluding hydrogens is 216 g/mol. The maximum absolute atomic E-state index is 11.2. The van der Waals surface area contributed by atoms with Crippen LogP contribution in [0.5, 0.6) is 5.75 Å². The van der Waals surface area contributed by atoms with Crippen molar-refractivity contribution < 1.29 is 9.53 Å². The molecule has 1 aromatic carbocycles. The minimum absolute atomic E-state index is 0.251. The van der Waals surface area contributed by atoms with Crippen LogP contribution < -0.4 is 15.4 Å². The van der Waals surface area contributed by atoms with Gasteiger partial charge in [0.25, 0.3) is 0 Å². The molecule has 0 bridgehead atoms. The zero-order valence-electron chi connectivity index (χ0n) is 8.63. The van der Waals surface area contributed by atoms with Crippen LogP contribution in [-0.4, -0.2) is 19.7 Å². The third-order valence-electron chi connectivity index (χ3n) is 1.75. The lowest BCUT2D eigenvalue weighted by Gasteiger charge is -2.08. The van der Waals surface area contributed by atoms with Crippen molar-refractivity contribution in [1.82, 2.24) is 5.32 Å². The first kappa shape index (κ1) is 11.7. The van der Waals surface area contributed by atoms with E-state index in [2.05, 4.69) is 10.6 Å². The first-order valence-corrected chi connectivity index (χ1v) is 4.93. The van der Waals surface area contributed by atoms with Gasteiger partial charge in [0, 0.05) is 12.2 Å². The van der Waals surface area contributed by atoms with E-state index in [-0.39, 0.29) is 6.03 Å². The van der Waals surface area contributed by atoms with E-state index in [1.807, 2.05) is 6.92 Å². The van der Waals surface area contributed by atoms with Crippen LogP contribution in [0.4, 0.5) is 10.5 Å². The Bertz CT molecular complexity index is 355. The molecule has 0 radical (unpaired) electrons. The molecule has 1 rings (SSSR count). The summed E-state index contributed by atoms with van der Waals surface area (Å²) < 4.78 is 4.99. The Morgan fingerprint density at radius 1 is 1.53 bits per heavy atom. The highest BCUT2D eigenvalue weighted by atomic mass is 35.5. The fourth-order valence-corrected chi connectivity index (χ4v) is 1.34. The fraction of sp³-hybridized carbons (Fsp3) is 0.300. The van der Waals surface area contributed by atoms with Gasteiger partial charge in [-0.25, -0.2) is 4.79 Å². The lowest BCUT2D eigenvalue weighted by atomic mass is 10.3. The number of hydrogen-bond donors (Lipinski definition) is 2. The molecule has 1 aromatic rings. The van der Waals surface area contributed by atoms with E-state index in [4.69, 9.17) is 16.3 Å². The maximum atomic E-state index is 11.2. The SMILES string of the molecule is CCNC(=O)Nc1ccc(OC)c(Cl)c1. The monoisotopic (exact) mass is 228 g/mol. The number of nitrogens with one attached hydrogen (secondary N) is 2. The van der Waals surface area contributed by atoms with E-state index in [1.165, 1.54) is 7.11 Å². The van der Waals surface area contributed by atoms with Crippen molar-refractivity contribution in [1.29, 1.82) is 0 Å². The number of hydrogen-bond acceptors (Lipinski definition) is 2. The predicted octanol–water partition coefficient (Wildman–Crippen LogP) is 2.49. The zero-order chi connectivity index (χ0) is 11.3. The van der Waals surface area contributed by atoms with Gasteiger partial charge in [-0.2, -0.15) is 0 Å². The standard InChI is InChI=1S/C10H13ClN2O2/c1-3-12-10(14)13-7-4-5-9(15-2)8(11)6-7/h4-6H,3H2,1-2H3,(H2,12,13,14). The second-order valence-electron chi connectivity index (χ2n) is 2.83. The number of anilines is 1. The van der Waals surface area contributed by atoms with Crippen LogP contribution in [0.2, 0.25) is 5.02 Å². The first-order valence-electron chi connectivity index (χ1n) is 4.55. The summed E-state index contributed by atoms with van der Waals surface area (Å²) in [4.78, 5) is 11.2. The van der Waals surface area contributed by atoms with Gasteiger partial charge < -0.3 is 15.4 Å². The van der Waals surface area contributed by atoms with Crippen molar-refractivity contribution in [2.24, 2.45) is 0 Å². The Labute approximate surface area is 93.6 Å². The smallest absolute Gasteiger partial charge is 0.319 e. The molecule has 2 N–H and O–H groups in total. The minimum Gasteiger partial charge on any atom is -0.495 e. The minimum atomic E-state index is -0.251. The van der Waals surface area contributed by atoms with Gasteiger partial charge in [-0.15, -0.1) is 0 Å². The topological polar surface area (TPSA) is 50.4 Å². The average molecular weight is 229 g/mol. The number of urea groups is 1. The molecule has 0 fully saturated rings. The Balaban J connectivity index is 2.71. The van der Waals surface area contributed by atoms with E-state index >= 15 is 0 Å². The summed E-state index contributed by atoms with van der Waals surface area (Å²) in [6.45, 7) is 2.43. The molecule has 0 aliphatic rings. The van der Waals surface area contributed by atoms with Crippen molar-refractivity contribution in [3.8, 4) is 5.75 Å². The predicted molar refractivity (Wildman–Crippen MR) is 60.7 cm³/mol. The molecule has 0 aromatic heterocycles. The molecule has 0 heterocycles. The van der Waals surface area contributed by atoms with E-state index in [1.54, 1.807) is 18.2 Å². The Morgan fingerprint density at radius 3 is 2.80 bits per heavy atom. The van der Waals surface area contributed by atoms with Crippen LogP contribution in [0.25, 0.3) is 0 Å². The van der Waals surface area contributed by atoms with Gasteiger partial charge in [-0.05, 0) is 25.1 Å². The molecule has 0 aliphatic carbocycles. The van der Waals surface area contributed by atoms with E-state index in [9.17, 15) is 4.79 Å². The Kier molecular flexibility index (Phi) is 4.24. The molecular formula is C10H13ClN2O2. The molecule has 5 heteroatoms. The second kappa shape index (κ2) is 5.46. The fourth-order valence-electron chi connectivity index (χ4n) is 1.08. The number of carbonyl (C=O) groups excluding carboxylic acids is 1. The van der Waals surface area contributed by atoms with E-state index < -0.39 is 0 Å². The summed E-state index contributed by atoms with van der Waals surface area (Å²) >= 11 is 5.89. The average Bonchev–Trinajstić information content (AvgIpc) is 2.18. The van der Waals surface area contributed by atoms with Crippen molar-refractivity contribution in [2.45, 2.75) is 6.92 Å². The highest BCUT2D eigenvalue weighted by Crippen LogP contribution is 2.26. The third kappa shape index (κ3) is 3.32. The number of ether oxygens (including phenoxy) is 1. The summed E-state index contributed by atoms with van der Waals surface area (Å²) in [6, 6.07) is 4.80. The molecule has 0 aliphatic heterocycles. The Hall–Kier alpha value is -1.42. The largest absolute Gasteiger partial charge is 0.495 e. The summed E-state index contributed by atoms with van der Waals surface area (Å²) in [5.74, 6) is 0.582. The lowest BCUT2D eigenvalue weighted by Crippen LogP contribution is -2.28. The van der Waals surface area contributed by atoms with Gasteiger partial charge in [-0.1, -0.05) is 11.6 Å². The number of amides is 2. The maximum Gasteiger partial charge on any atom is 0.319 e. The van der Waals surface area contributed by atoms with Crippen molar-refractivity contribution in [2.75, 3.05) is 19.0 Å². The van der Waals surface area contributed by atoms with Crippen molar-refractivity contribution >= 4 is 23.3 Å². The number of halogens is 1.